The maximum atomic E-state index is 11.2. The molecule has 0 spiro atoms. The van der Waals surface area contributed by atoms with Crippen molar-refractivity contribution in [2.75, 3.05) is 12.4 Å². The molecule has 0 aliphatic carbocycles. The van der Waals surface area contributed by atoms with Gasteiger partial charge in [0.25, 0.3) is 0 Å². The number of ether oxygens (including phenoxy) is 1. The Hall–Kier alpha value is -1.22. The predicted molar refractivity (Wildman–Crippen MR) is 83.7 cm³/mol. The lowest BCUT2D eigenvalue weighted by Crippen LogP contribution is -2.34. The van der Waals surface area contributed by atoms with Gasteiger partial charge in [-0.2, -0.15) is 0 Å². The van der Waals surface area contributed by atoms with Gasteiger partial charge in [-0.05, 0) is 30.4 Å². The molecule has 0 saturated carbocycles. The number of amides is 1. The van der Waals surface area contributed by atoms with Crippen molar-refractivity contribution in [3.63, 3.8) is 0 Å². The van der Waals surface area contributed by atoms with E-state index in [0.29, 0.717) is 6.54 Å². The van der Waals surface area contributed by atoms with Crippen LogP contribution in [0, 0.1) is 6.92 Å². The van der Waals surface area contributed by atoms with E-state index in [9.17, 15) is 4.79 Å². The summed E-state index contributed by atoms with van der Waals surface area (Å²) >= 11 is 5.45. The summed E-state index contributed by atoms with van der Waals surface area (Å²) in [6.45, 7) is 10.9. The number of hydrogen-bond donors (Lipinski definition) is 1. The molecule has 0 bridgehead atoms. The first-order chi connectivity index (χ1) is 9.25. The zero-order chi connectivity index (χ0) is 15.3. The highest BCUT2D eigenvalue weighted by Gasteiger charge is 2.21. The third-order valence-corrected chi connectivity index (χ3v) is 3.29. The van der Waals surface area contributed by atoms with Crippen LogP contribution in [0.5, 0.6) is 5.75 Å². The molecule has 0 aromatic heterocycles. The number of carbonyl (C=O) groups is 1. The third-order valence-electron chi connectivity index (χ3n) is 3.05. The van der Waals surface area contributed by atoms with Crippen molar-refractivity contribution in [1.82, 2.24) is 5.32 Å². The molecule has 0 saturated heterocycles. The minimum Gasteiger partial charge on any atom is -0.488 e. The van der Waals surface area contributed by atoms with E-state index in [2.05, 4.69) is 32.2 Å². The molecule has 0 fully saturated rings. The molecule has 1 N–H and O–H groups in total. The van der Waals surface area contributed by atoms with Crippen LogP contribution in [0.25, 0.3) is 0 Å². The summed E-state index contributed by atoms with van der Waals surface area (Å²) in [7, 11) is 0. The van der Waals surface area contributed by atoms with E-state index in [1.165, 1.54) is 5.56 Å². The summed E-state index contributed by atoms with van der Waals surface area (Å²) in [6, 6.07) is 6.17. The summed E-state index contributed by atoms with van der Waals surface area (Å²) in [5.41, 5.74) is 2.29. The molecule has 0 aliphatic rings. The first kappa shape index (κ1) is 16.8. The van der Waals surface area contributed by atoms with Gasteiger partial charge in [0.05, 0.1) is 6.54 Å². The number of alkyl halides is 1. The van der Waals surface area contributed by atoms with Crippen LogP contribution in [0.4, 0.5) is 0 Å². The molecule has 1 rings (SSSR count). The number of hydrogen-bond acceptors (Lipinski definition) is 2. The van der Waals surface area contributed by atoms with Gasteiger partial charge in [-0.1, -0.05) is 39.0 Å². The molecule has 1 unspecified atom stereocenters. The Kier molecular flexibility index (Phi) is 5.88. The predicted octanol–water partition coefficient (Wildman–Crippen LogP) is 3.41. The second-order valence-electron chi connectivity index (χ2n) is 6.07. The molecule has 1 aromatic carbocycles. The van der Waals surface area contributed by atoms with Crippen molar-refractivity contribution in [3.05, 3.63) is 29.3 Å². The van der Waals surface area contributed by atoms with Crippen molar-refractivity contribution in [3.8, 4) is 5.75 Å². The maximum Gasteiger partial charge on any atom is 0.235 e. The van der Waals surface area contributed by atoms with Gasteiger partial charge in [-0.25, -0.2) is 0 Å². The summed E-state index contributed by atoms with van der Waals surface area (Å²) in [5, 5.41) is 2.73. The SMILES string of the molecule is Cc1cccc(C(C)(C)C)c1OC(C)CNC(=O)CCl. The quantitative estimate of drug-likeness (QED) is 0.846. The highest BCUT2D eigenvalue weighted by Crippen LogP contribution is 2.34. The Balaban J connectivity index is 2.84. The van der Waals surface area contributed by atoms with Crippen LogP contribution in [0.2, 0.25) is 0 Å². The van der Waals surface area contributed by atoms with Crippen LogP contribution < -0.4 is 10.1 Å². The molecule has 1 amide bonds. The zero-order valence-electron chi connectivity index (χ0n) is 12.9. The molecule has 0 radical (unpaired) electrons. The Morgan fingerprint density at radius 1 is 1.40 bits per heavy atom. The largest absolute Gasteiger partial charge is 0.488 e. The summed E-state index contributed by atoms with van der Waals surface area (Å²) in [4.78, 5) is 11.2. The Morgan fingerprint density at radius 3 is 2.60 bits per heavy atom. The second kappa shape index (κ2) is 6.98. The molecule has 1 aromatic rings. The van der Waals surface area contributed by atoms with Crippen molar-refractivity contribution < 1.29 is 9.53 Å². The lowest BCUT2D eigenvalue weighted by molar-refractivity contribution is -0.119. The van der Waals surface area contributed by atoms with Crippen LogP contribution in [0.1, 0.15) is 38.8 Å². The van der Waals surface area contributed by atoms with Crippen molar-refractivity contribution >= 4 is 17.5 Å². The normalized spacial score (nSPS) is 12.9. The number of nitrogens with one attached hydrogen (secondary N) is 1. The van der Waals surface area contributed by atoms with Gasteiger partial charge >= 0.3 is 0 Å². The van der Waals surface area contributed by atoms with Gasteiger partial charge in [0.2, 0.25) is 5.91 Å². The minimum atomic E-state index is -0.178. The maximum absolute atomic E-state index is 11.2. The molecule has 4 heteroatoms. The fraction of sp³-hybridized carbons (Fsp3) is 0.562. The molecule has 20 heavy (non-hydrogen) atoms. The highest BCUT2D eigenvalue weighted by molar-refractivity contribution is 6.27. The van der Waals surface area contributed by atoms with E-state index >= 15 is 0 Å². The van der Waals surface area contributed by atoms with Gasteiger partial charge in [-0.15, -0.1) is 11.6 Å². The van der Waals surface area contributed by atoms with Gasteiger partial charge in [0, 0.05) is 0 Å². The number of rotatable bonds is 5. The van der Waals surface area contributed by atoms with Crippen LogP contribution in [0.3, 0.4) is 0 Å². The first-order valence-electron chi connectivity index (χ1n) is 6.85. The molecule has 0 aliphatic heterocycles. The van der Waals surface area contributed by atoms with E-state index < -0.39 is 0 Å². The molecule has 112 valence electrons. The van der Waals surface area contributed by atoms with E-state index in [1.54, 1.807) is 0 Å². The molecule has 3 nitrogen and oxygen atoms in total. The van der Waals surface area contributed by atoms with Crippen LogP contribution in [-0.4, -0.2) is 24.4 Å². The van der Waals surface area contributed by atoms with E-state index in [0.717, 1.165) is 11.3 Å². The van der Waals surface area contributed by atoms with Crippen molar-refractivity contribution in [1.29, 1.82) is 0 Å². The molecule has 0 heterocycles. The van der Waals surface area contributed by atoms with Crippen LogP contribution in [-0.2, 0) is 10.2 Å². The lowest BCUT2D eigenvalue weighted by atomic mass is 9.85. The number of carbonyl (C=O) groups excluding carboxylic acids is 1. The van der Waals surface area contributed by atoms with Crippen LogP contribution in [0.15, 0.2) is 18.2 Å². The summed E-state index contributed by atoms with van der Waals surface area (Å²) in [5.74, 6) is 0.709. The summed E-state index contributed by atoms with van der Waals surface area (Å²) in [6.07, 6.45) is -0.107. The zero-order valence-corrected chi connectivity index (χ0v) is 13.7. The van der Waals surface area contributed by atoms with Gasteiger partial charge in [-0.3, -0.25) is 4.79 Å². The fourth-order valence-corrected chi connectivity index (χ4v) is 2.04. The van der Waals surface area contributed by atoms with Gasteiger partial charge in [0.15, 0.2) is 0 Å². The standard InChI is InChI=1S/C16H24ClNO2/c1-11-7-6-8-13(16(3,4)5)15(11)20-12(2)10-18-14(19)9-17/h6-8,12H,9-10H2,1-5H3,(H,18,19). The lowest BCUT2D eigenvalue weighted by Gasteiger charge is -2.26. The average Bonchev–Trinajstić information content (AvgIpc) is 2.37. The highest BCUT2D eigenvalue weighted by atomic mass is 35.5. The van der Waals surface area contributed by atoms with E-state index in [1.807, 2.05) is 26.0 Å². The Bertz CT molecular complexity index is 466. The fourth-order valence-electron chi connectivity index (χ4n) is 1.95. The second-order valence-corrected chi connectivity index (χ2v) is 6.34. The number of aryl methyl sites for hydroxylation is 1. The number of para-hydroxylation sites is 1. The van der Waals surface area contributed by atoms with Crippen LogP contribution >= 0.6 is 11.6 Å². The number of halogens is 1. The van der Waals surface area contributed by atoms with Crippen molar-refractivity contribution in [2.45, 2.75) is 46.1 Å². The monoisotopic (exact) mass is 297 g/mol. The molecular formula is C16H24ClNO2. The first-order valence-corrected chi connectivity index (χ1v) is 7.38. The average molecular weight is 298 g/mol. The topological polar surface area (TPSA) is 38.3 Å². The van der Waals surface area contributed by atoms with Crippen molar-refractivity contribution in [2.24, 2.45) is 0 Å². The molecular weight excluding hydrogens is 274 g/mol. The molecule has 1 atom stereocenters. The summed E-state index contributed by atoms with van der Waals surface area (Å²) < 4.78 is 6.04. The van der Waals surface area contributed by atoms with E-state index in [4.69, 9.17) is 16.3 Å². The van der Waals surface area contributed by atoms with Gasteiger partial charge < -0.3 is 10.1 Å². The van der Waals surface area contributed by atoms with Gasteiger partial charge in [0.1, 0.15) is 17.7 Å². The van der Waals surface area contributed by atoms with E-state index in [-0.39, 0.29) is 23.3 Å². The minimum absolute atomic E-state index is 0.0143. The smallest absolute Gasteiger partial charge is 0.235 e. The third kappa shape index (κ3) is 4.71. The Morgan fingerprint density at radius 2 is 2.05 bits per heavy atom. The Labute approximate surface area is 126 Å². The number of benzene rings is 1.